The van der Waals surface area contributed by atoms with E-state index in [1.807, 2.05) is 82.3 Å². The number of amides is 1. The number of para-hydroxylation sites is 1. The van der Waals surface area contributed by atoms with Gasteiger partial charge >= 0.3 is 0 Å². The fourth-order valence-corrected chi connectivity index (χ4v) is 5.43. The SMILES string of the molecule is C=C(N)Cn1c(-c2ccc(Oc3ccccc3)cc2)nc2cc(C(=O)N3CCN(c4ccc(F)cc4)CC3)ccc21.C=C(N)NCCC. The summed E-state index contributed by atoms with van der Waals surface area (Å²) in [4.78, 5) is 22.4. The maximum Gasteiger partial charge on any atom is 0.254 e. The van der Waals surface area contributed by atoms with Gasteiger partial charge in [0.2, 0.25) is 0 Å². The normalized spacial score (nSPS) is 12.6. The van der Waals surface area contributed by atoms with E-state index >= 15 is 0 Å². The molecule has 4 aromatic carbocycles. The average Bonchev–Trinajstić information content (AvgIpc) is 3.45. The fourth-order valence-electron chi connectivity index (χ4n) is 5.43. The molecule has 0 aliphatic carbocycles. The molecule has 0 unspecified atom stereocenters. The number of nitrogens with zero attached hydrogens (tertiary/aromatic N) is 4. The number of allylic oxidation sites excluding steroid dienone is 1. The number of fused-ring (bicyclic) bond motifs is 1. The van der Waals surface area contributed by atoms with Gasteiger partial charge in [-0.25, -0.2) is 9.37 Å². The summed E-state index contributed by atoms with van der Waals surface area (Å²) in [6.45, 7) is 13.3. The minimum atomic E-state index is -0.256. The molecule has 1 aromatic heterocycles. The number of halogens is 1. The van der Waals surface area contributed by atoms with E-state index in [9.17, 15) is 9.18 Å². The van der Waals surface area contributed by atoms with Crippen molar-refractivity contribution in [2.75, 3.05) is 37.6 Å². The third-order valence-electron chi connectivity index (χ3n) is 7.81. The molecular weight excluding hydrogens is 605 g/mol. The molecule has 1 fully saturated rings. The molecule has 2 heterocycles. The quantitative estimate of drug-likeness (QED) is 0.159. The second-order valence-electron chi connectivity index (χ2n) is 11.5. The number of hydrogen-bond donors (Lipinski definition) is 3. The van der Waals surface area contributed by atoms with Crippen LogP contribution in [-0.4, -0.2) is 53.1 Å². The van der Waals surface area contributed by atoms with Crippen molar-refractivity contribution in [3.8, 4) is 22.9 Å². The topological polar surface area (TPSA) is 115 Å². The average molecular weight is 648 g/mol. The summed E-state index contributed by atoms with van der Waals surface area (Å²) in [6, 6.07) is 29.4. The molecule has 5 N–H and O–H groups in total. The van der Waals surface area contributed by atoms with Gasteiger partial charge in [-0.15, -0.1) is 0 Å². The number of aromatic nitrogens is 2. The van der Waals surface area contributed by atoms with E-state index in [1.54, 1.807) is 12.1 Å². The fraction of sp³-hybridized carbons (Fsp3) is 0.211. The van der Waals surface area contributed by atoms with Crippen molar-refractivity contribution in [1.29, 1.82) is 0 Å². The number of anilines is 1. The zero-order valence-electron chi connectivity index (χ0n) is 27.2. The molecular formula is C38H42FN7O2. The van der Waals surface area contributed by atoms with Crippen molar-refractivity contribution in [3.05, 3.63) is 133 Å². The molecule has 1 aliphatic rings. The van der Waals surface area contributed by atoms with Gasteiger partial charge in [-0.1, -0.05) is 38.3 Å². The van der Waals surface area contributed by atoms with E-state index in [-0.39, 0.29) is 11.7 Å². The maximum absolute atomic E-state index is 13.4. The first-order valence-electron chi connectivity index (χ1n) is 16.0. The van der Waals surface area contributed by atoms with Gasteiger partial charge in [-0.05, 0) is 85.3 Å². The van der Waals surface area contributed by atoms with Crippen LogP contribution >= 0.6 is 0 Å². The Hall–Kier alpha value is -5.77. The lowest BCUT2D eigenvalue weighted by Crippen LogP contribution is -2.48. The van der Waals surface area contributed by atoms with Crippen LogP contribution in [0.1, 0.15) is 23.7 Å². The molecule has 0 saturated carbocycles. The van der Waals surface area contributed by atoms with E-state index in [2.05, 4.69) is 30.3 Å². The molecule has 1 saturated heterocycles. The van der Waals surface area contributed by atoms with Crippen LogP contribution in [0.4, 0.5) is 10.1 Å². The van der Waals surface area contributed by atoms with Gasteiger partial charge in [-0.2, -0.15) is 0 Å². The van der Waals surface area contributed by atoms with Crippen LogP contribution in [0.5, 0.6) is 11.5 Å². The van der Waals surface area contributed by atoms with Crippen molar-refractivity contribution in [2.24, 2.45) is 11.5 Å². The van der Waals surface area contributed by atoms with Gasteiger partial charge in [0.25, 0.3) is 5.91 Å². The Kier molecular flexibility index (Phi) is 11.0. The van der Waals surface area contributed by atoms with E-state index in [0.29, 0.717) is 55.3 Å². The maximum atomic E-state index is 13.4. The predicted molar refractivity (Wildman–Crippen MR) is 191 cm³/mol. The van der Waals surface area contributed by atoms with E-state index in [4.69, 9.17) is 21.2 Å². The largest absolute Gasteiger partial charge is 0.457 e. The van der Waals surface area contributed by atoms with Gasteiger partial charge in [-0.3, -0.25) is 4.79 Å². The van der Waals surface area contributed by atoms with Gasteiger partial charge in [0.15, 0.2) is 0 Å². The second kappa shape index (κ2) is 15.7. The number of carbonyl (C=O) groups is 1. The number of piperazine rings is 1. The highest BCUT2D eigenvalue weighted by Crippen LogP contribution is 2.29. The number of nitrogens with two attached hydrogens (primary N) is 2. The van der Waals surface area contributed by atoms with Gasteiger partial charge in [0, 0.05) is 55.2 Å². The lowest BCUT2D eigenvalue weighted by molar-refractivity contribution is 0.0747. The minimum Gasteiger partial charge on any atom is -0.457 e. The molecule has 9 nitrogen and oxygen atoms in total. The summed E-state index contributed by atoms with van der Waals surface area (Å²) < 4.78 is 21.3. The lowest BCUT2D eigenvalue weighted by atomic mass is 10.1. The first-order valence-corrected chi connectivity index (χ1v) is 16.0. The van der Waals surface area contributed by atoms with Crippen LogP contribution in [0.15, 0.2) is 122 Å². The molecule has 0 spiro atoms. The Morgan fingerprint density at radius 2 is 1.56 bits per heavy atom. The first-order chi connectivity index (χ1) is 23.2. The van der Waals surface area contributed by atoms with Crippen LogP contribution in [0.3, 0.4) is 0 Å². The van der Waals surface area contributed by atoms with Crippen molar-refractivity contribution < 1.29 is 13.9 Å². The smallest absolute Gasteiger partial charge is 0.254 e. The molecule has 248 valence electrons. The summed E-state index contributed by atoms with van der Waals surface area (Å²) in [5.74, 6) is 2.48. The summed E-state index contributed by atoms with van der Waals surface area (Å²) >= 11 is 0. The Labute approximate surface area is 280 Å². The van der Waals surface area contributed by atoms with Crippen LogP contribution in [0.25, 0.3) is 22.4 Å². The van der Waals surface area contributed by atoms with Gasteiger partial charge in [0.05, 0.1) is 23.4 Å². The van der Waals surface area contributed by atoms with Crippen LogP contribution < -0.4 is 26.4 Å². The van der Waals surface area contributed by atoms with Crippen LogP contribution in [0, 0.1) is 5.82 Å². The number of benzene rings is 4. The highest BCUT2D eigenvalue weighted by molar-refractivity contribution is 5.98. The minimum absolute atomic E-state index is 0.0348. The number of imidazole rings is 1. The van der Waals surface area contributed by atoms with Gasteiger partial charge < -0.3 is 35.9 Å². The summed E-state index contributed by atoms with van der Waals surface area (Å²) in [6.07, 6.45) is 1.09. The molecule has 10 heteroatoms. The number of ether oxygens (including phenoxy) is 1. The number of carbonyl (C=O) groups excluding carboxylic acids is 1. The molecule has 5 aromatic rings. The van der Waals surface area contributed by atoms with Gasteiger partial charge in [0.1, 0.15) is 23.1 Å². The summed E-state index contributed by atoms with van der Waals surface area (Å²) in [5.41, 5.74) is 15.7. The summed E-state index contributed by atoms with van der Waals surface area (Å²) in [5, 5.41) is 2.88. The van der Waals surface area contributed by atoms with Crippen LogP contribution in [0.2, 0.25) is 0 Å². The number of hydrogen-bond acceptors (Lipinski definition) is 7. The van der Waals surface area contributed by atoms with Crippen molar-refractivity contribution >= 4 is 22.6 Å². The molecule has 48 heavy (non-hydrogen) atoms. The van der Waals surface area contributed by atoms with E-state index < -0.39 is 0 Å². The zero-order chi connectivity index (χ0) is 34.0. The van der Waals surface area contributed by atoms with E-state index in [0.717, 1.165) is 47.1 Å². The number of rotatable bonds is 10. The lowest BCUT2D eigenvalue weighted by Gasteiger charge is -2.36. The Bertz CT molecular complexity index is 1850. The van der Waals surface area contributed by atoms with Crippen molar-refractivity contribution in [3.63, 3.8) is 0 Å². The van der Waals surface area contributed by atoms with Crippen LogP contribution in [-0.2, 0) is 6.54 Å². The highest BCUT2D eigenvalue weighted by atomic mass is 19.1. The third kappa shape index (κ3) is 8.52. The number of nitrogens with one attached hydrogen (secondary N) is 1. The third-order valence-corrected chi connectivity index (χ3v) is 7.81. The first kappa shape index (κ1) is 33.6. The highest BCUT2D eigenvalue weighted by Gasteiger charge is 2.23. The van der Waals surface area contributed by atoms with E-state index in [1.165, 1.54) is 12.1 Å². The standard InChI is InChI=1S/C33H30FN5O2.C5H12N2/c1-23(35)22-39-31-16-9-25(33(40)38-19-17-37(18-20-38)27-12-10-26(34)11-13-27)21-30(31)36-32(39)24-7-14-29(15-8-24)41-28-5-3-2-4-6-28;1-3-4-7-5(2)6/h2-16,21H,1,17-20,22,35H2;7H,2-4,6H2,1H3. The molecule has 0 radical (unpaired) electrons. The Balaban J connectivity index is 0.000000582. The molecule has 0 bridgehead atoms. The van der Waals surface area contributed by atoms with Crippen molar-refractivity contribution in [2.45, 2.75) is 19.9 Å². The monoisotopic (exact) mass is 647 g/mol. The molecule has 0 atom stereocenters. The zero-order valence-corrected chi connectivity index (χ0v) is 27.2. The predicted octanol–water partition coefficient (Wildman–Crippen LogP) is 6.49. The van der Waals surface area contributed by atoms with Crippen molar-refractivity contribution in [1.82, 2.24) is 19.8 Å². The summed E-state index contributed by atoms with van der Waals surface area (Å²) in [7, 11) is 0. The molecule has 1 amide bonds. The Morgan fingerprint density at radius 3 is 2.17 bits per heavy atom. The molecule has 6 rings (SSSR count). The molecule has 1 aliphatic heterocycles. The Morgan fingerprint density at radius 1 is 0.896 bits per heavy atom. The second-order valence-corrected chi connectivity index (χ2v) is 11.5.